The lowest BCUT2D eigenvalue weighted by Crippen LogP contribution is -1.97. The van der Waals surface area contributed by atoms with Crippen LogP contribution >= 0.6 is 0 Å². The highest BCUT2D eigenvalue weighted by Gasteiger charge is 2.04. The highest BCUT2D eigenvalue weighted by Crippen LogP contribution is 2.19. The molecule has 90 valence electrons. The van der Waals surface area contributed by atoms with Crippen molar-refractivity contribution >= 4 is 12.2 Å². The summed E-state index contributed by atoms with van der Waals surface area (Å²) in [5, 5.41) is 22.6. The number of aromatic nitrogens is 2. The maximum Gasteiger partial charge on any atom is 0.221 e. The van der Waals surface area contributed by atoms with Gasteiger partial charge >= 0.3 is 0 Å². The molecule has 3 N–H and O–H groups in total. The number of nitriles is 1. The maximum atomic E-state index is 9.77. The number of anilines is 1. The van der Waals surface area contributed by atoms with Gasteiger partial charge in [0.1, 0.15) is 11.8 Å². The summed E-state index contributed by atoms with van der Waals surface area (Å²) in [7, 11) is 0. The highest BCUT2D eigenvalue weighted by atomic mass is 16.3. The minimum absolute atomic E-state index is 0.0980. The van der Waals surface area contributed by atoms with Crippen LogP contribution < -0.4 is 5.73 Å². The molecule has 0 amide bonds. The number of imidazole rings is 1. The molecule has 0 saturated heterocycles. The van der Waals surface area contributed by atoms with Gasteiger partial charge in [-0.25, -0.2) is 9.66 Å². The summed E-state index contributed by atoms with van der Waals surface area (Å²) in [6.45, 7) is 1.80. The molecule has 6 heteroatoms. The van der Waals surface area contributed by atoms with Crippen molar-refractivity contribution in [3.05, 3.63) is 41.2 Å². The predicted molar refractivity (Wildman–Crippen MR) is 67.2 cm³/mol. The van der Waals surface area contributed by atoms with Crippen molar-refractivity contribution in [1.29, 1.82) is 5.26 Å². The molecule has 0 saturated carbocycles. The van der Waals surface area contributed by atoms with E-state index in [1.165, 1.54) is 17.0 Å². The van der Waals surface area contributed by atoms with Crippen molar-refractivity contribution in [3.8, 4) is 11.8 Å². The molecule has 0 fully saturated rings. The zero-order valence-corrected chi connectivity index (χ0v) is 9.70. The molecular formula is C12H11N5O. The van der Waals surface area contributed by atoms with Crippen molar-refractivity contribution in [2.24, 2.45) is 5.10 Å². The summed E-state index contributed by atoms with van der Waals surface area (Å²) in [5.41, 5.74) is 7.02. The Kier molecular flexibility index (Phi) is 2.98. The number of phenolic OH excluding ortho intramolecular Hbond substituents is 1. The van der Waals surface area contributed by atoms with E-state index in [2.05, 4.69) is 10.1 Å². The summed E-state index contributed by atoms with van der Waals surface area (Å²) < 4.78 is 1.40. The molecule has 2 rings (SSSR count). The number of rotatable bonds is 2. The van der Waals surface area contributed by atoms with Crippen molar-refractivity contribution < 1.29 is 5.11 Å². The minimum atomic E-state index is -0.0980. The van der Waals surface area contributed by atoms with Crippen LogP contribution in [-0.4, -0.2) is 21.0 Å². The van der Waals surface area contributed by atoms with Crippen LogP contribution in [0.3, 0.4) is 0 Å². The zero-order chi connectivity index (χ0) is 13.1. The third kappa shape index (κ3) is 2.15. The van der Waals surface area contributed by atoms with Gasteiger partial charge in [-0.3, -0.25) is 0 Å². The fraction of sp³-hybridized carbons (Fsp3) is 0.0833. The van der Waals surface area contributed by atoms with Gasteiger partial charge in [0.25, 0.3) is 0 Å². The topological polar surface area (TPSA) is 100 Å². The first-order valence-corrected chi connectivity index (χ1v) is 5.19. The summed E-state index contributed by atoms with van der Waals surface area (Å²) in [6, 6.07) is 6.75. The van der Waals surface area contributed by atoms with Gasteiger partial charge in [-0.1, -0.05) is 6.07 Å². The van der Waals surface area contributed by atoms with E-state index < -0.39 is 0 Å². The van der Waals surface area contributed by atoms with Crippen LogP contribution in [0.2, 0.25) is 0 Å². The van der Waals surface area contributed by atoms with Gasteiger partial charge in [0.2, 0.25) is 5.95 Å². The Morgan fingerprint density at radius 3 is 2.94 bits per heavy atom. The summed E-state index contributed by atoms with van der Waals surface area (Å²) in [5.74, 6) is 0.166. The molecule has 18 heavy (non-hydrogen) atoms. The number of aryl methyl sites for hydroxylation is 1. The molecule has 0 unspecified atom stereocenters. The average Bonchev–Trinajstić information content (AvgIpc) is 2.66. The predicted octanol–water partition coefficient (Wildman–Crippen LogP) is 1.23. The Bertz CT molecular complexity index is 651. The molecule has 0 spiro atoms. The van der Waals surface area contributed by atoms with E-state index in [-0.39, 0.29) is 17.3 Å². The van der Waals surface area contributed by atoms with Crippen LogP contribution in [0.4, 0.5) is 5.95 Å². The first-order valence-electron chi connectivity index (χ1n) is 5.19. The Hall–Kier alpha value is -2.81. The number of para-hydroxylation sites is 1. The molecule has 1 aromatic heterocycles. The van der Waals surface area contributed by atoms with E-state index in [4.69, 9.17) is 11.0 Å². The van der Waals surface area contributed by atoms with Gasteiger partial charge in [-0.2, -0.15) is 10.4 Å². The Morgan fingerprint density at radius 1 is 1.56 bits per heavy atom. The second-order valence-corrected chi connectivity index (χ2v) is 3.68. The summed E-state index contributed by atoms with van der Waals surface area (Å²) in [4.78, 5) is 3.99. The van der Waals surface area contributed by atoms with Crippen molar-refractivity contribution in [3.63, 3.8) is 0 Å². The standard InChI is InChI=1S/C12H11N5O/c1-8-7-17(12(14)16-8)15-6-10-4-2-3-9(5-13)11(10)18/h2-4,6-7,18H,1H3,(H2,14,16). The van der Waals surface area contributed by atoms with Gasteiger partial charge in [0, 0.05) is 5.56 Å². The number of nitrogens with two attached hydrogens (primary N) is 1. The lowest BCUT2D eigenvalue weighted by Gasteiger charge is -2.00. The van der Waals surface area contributed by atoms with Gasteiger partial charge in [0.05, 0.1) is 23.7 Å². The molecule has 0 radical (unpaired) electrons. The maximum absolute atomic E-state index is 9.77. The van der Waals surface area contributed by atoms with Gasteiger partial charge < -0.3 is 10.8 Å². The van der Waals surface area contributed by atoms with E-state index in [0.29, 0.717) is 5.56 Å². The molecule has 0 aliphatic carbocycles. The number of phenols is 1. The van der Waals surface area contributed by atoms with Gasteiger partial charge in [-0.15, -0.1) is 0 Å². The third-order valence-electron chi connectivity index (χ3n) is 2.34. The first kappa shape index (κ1) is 11.7. The molecule has 0 aliphatic rings. The largest absolute Gasteiger partial charge is 0.506 e. The summed E-state index contributed by atoms with van der Waals surface area (Å²) >= 11 is 0. The SMILES string of the molecule is Cc1cn(N=Cc2cccc(C#N)c2O)c(N)n1. The molecule has 1 aromatic carbocycles. The monoisotopic (exact) mass is 241 g/mol. The van der Waals surface area contributed by atoms with Crippen LogP contribution in [0.15, 0.2) is 29.5 Å². The second-order valence-electron chi connectivity index (χ2n) is 3.68. The second kappa shape index (κ2) is 4.59. The van der Waals surface area contributed by atoms with Crippen molar-refractivity contribution in [2.75, 3.05) is 5.73 Å². The highest BCUT2D eigenvalue weighted by molar-refractivity contribution is 5.84. The first-order chi connectivity index (χ1) is 8.61. The van der Waals surface area contributed by atoms with E-state index in [9.17, 15) is 5.11 Å². The smallest absolute Gasteiger partial charge is 0.221 e. The van der Waals surface area contributed by atoms with Crippen LogP contribution in [0.25, 0.3) is 0 Å². The van der Waals surface area contributed by atoms with E-state index in [1.54, 1.807) is 25.3 Å². The fourth-order valence-corrected chi connectivity index (χ4v) is 1.48. The summed E-state index contributed by atoms with van der Waals surface area (Å²) in [6.07, 6.45) is 3.09. The van der Waals surface area contributed by atoms with Gasteiger partial charge in [0.15, 0.2) is 0 Å². The minimum Gasteiger partial charge on any atom is -0.506 e. The fourth-order valence-electron chi connectivity index (χ4n) is 1.48. The molecule has 0 atom stereocenters. The van der Waals surface area contributed by atoms with Crippen LogP contribution in [-0.2, 0) is 0 Å². The zero-order valence-electron chi connectivity index (χ0n) is 9.70. The normalized spacial score (nSPS) is 10.7. The van der Waals surface area contributed by atoms with Gasteiger partial charge in [-0.05, 0) is 19.1 Å². The number of hydrogen-bond donors (Lipinski definition) is 2. The number of nitrogen functional groups attached to an aromatic ring is 1. The molecule has 2 aromatic rings. The Balaban J connectivity index is 2.35. The van der Waals surface area contributed by atoms with Crippen LogP contribution in [0.5, 0.6) is 5.75 Å². The van der Waals surface area contributed by atoms with Crippen LogP contribution in [0, 0.1) is 18.3 Å². The molecule has 0 aliphatic heterocycles. The lowest BCUT2D eigenvalue weighted by atomic mass is 10.1. The van der Waals surface area contributed by atoms with E-state index >= 15 is 0 Å². The van der Waals surface area contributed by atoms with Crippen LogP contribution in [0.1, 0.15) is 16.8 Å². The number of aromatic hydroxyl groups is 1. The third-order valence-corrected chi connectivity index (χ3v) is 2.34. The molecule has 6 nitrogen and oxygen atoms in total. The molecular weight excluding hydrogens is 230 g/mol. The number of hydrogen-bond acceptors (Lipinski definition) is 5. The molecule has 0 bridgehead atoms. The van der Waals surface area contributed by atoms with Crippen molar-refractivity contribution in [2.45, 2.75) is 6.92 Å². The number of nitrogens with zero attached hydrogens (tertiary/aromatic N) is 4. The van der Waals surface area contributed by atoms with E-state index in [1.807, 2.05) is 6.07 Å². The van der Waals surface area contributed by atoms with E-state index in [0.717, 1.165) is 5.69 Å². The lowest BCUT2D eigenvalue weighted by molar-refractivity contribution is 0.472. The Morgan fingerprint density at radius 2 is 2.33 bits per heavy atom. The van der Waals surface area contributed by atoms with Crippen molar-refractivity contribution in [1.82, 2.24) is 9.66 Å². The number of benzene rings is 1. The quantitative estimate of drug-likeness (QED) is 0.772. The Labute approximate surface area is 104 Å². The average molecular weight is 241 g/mol. The molecule has 1 heterocycles.